The Morgan fingerprint density at radius 2 is 2.00 bits per heavy atom. The molecule has 0 aromatic heterocycles. The van der Waals surface area contributed by atoms with Gasteiger partial charge < -0.3 is 5.11 Å². The highest BCUT2D eigenvalue weighted by Crippen LogP contribution is 2.35. The van der Waals surface area contributed by atoms with Gasteiger partial charge in [-0.05, 0) is 24.1 Å². The van der Waals surface area contributed by atoms with Gasteiger partial charge in [-0.3, -0.25) is 4.79 Å². The van der Waals surface area contributed by atoms with Crippen LogP contribution in [0.5, 0.6) is 0 Å². The van der Waals surface area contributed by atoms with E-state index in [4.69, 9.17) is 11.6 Å². The van der Waals surface area contributed by atoms with Gasteiger partial charge in [0.25, 0.3) is 0 Å². The Kier molecular flexibility index (Phi) is 1.98. The molecule has 0 saturated heterocycles. The van der Waals surface area contributed by atoms with Crippen LogP contribution < -0.4 is 0 Å². The summed E-state index contributed by atoms with van der Waals surface area (Å²) in [6, 6.07) is 7.17. The van der Waals surface area contributed by atoms with Crippen LogP contribution in [-0.4, -0.2) is 10.9 Å². The lowest BCUT2D eigenvalue weighted by Gasteiger charge is -2.27. The largest absolute Gasteiger partial charge is 0.377 e. The smallest absolute Gasteiger partial charge is 0.209 e. The lowest BCUT2D eigenvalue weighted by Crippen LogP contribution is -2.35. The number of hydrogen-bond acceptors (Lipinski definition) is 2. The van der Waals surface area contributed by atoms with Crippen molar-refractivity contribution in [3.8, 4) is 0 Å². The van der Waals surface area contributed by atoms with Crippen molar-refractivity contribution in [1.29, 1.82) is 0 Å². The molecule has 14 heavy (non-hydrogen) atoms. The molecule has 1 aromatic carbocycles. The van der Waals surface area contributed by atoms with E-state index in [2.05, 4.69) is 0 Å². The van der Waals surface area contributed by atoms with Crippen LogP contribution >= 0.6 is 11.6 Å². The summed E-state index contributed by atoms with van der Waals surface area (Å²) in [7, 11) is 0. The molecule has 0 spiro atoms. The Labute approximate surface area is 86.8 Å². The summed E-state index contributed by atoms with van der Waals surface area (Å²) in [5.74, 6) is -0.446. The number of carbonyl (C=O) groups is 1. The van der Waals surface area contributed by atoms with E-state index in [0.717, 1.165) is 5.56 Å². The molecule has 1 atom stereocenters. The first-order valence-electron chi connectivity index (χ1n) is 4.27. The highest BCUT2D eigenvalue weighted by atomic mass is 35.5. The molecule has 0 heterocycles. The molecule has 1 aliphatic carbocycles. The minimum atomic E-state index is -1.50. The standard InChI is InChI=1S/C11H9ClO2/c1-11(14)8-5-3-2-4-7(8)6-9(12)10(11)13/h2-6,14H,1H3. The van der Waals surface area contributed by atoms with Crippen molar-refractivity contribution in [1.82, 2.24) is 0 Å². The van der Waals surface area contributed by atoms with E-state index < -0.39 is 11.4 Å². The van der Waals surface area contributed by atoms with E-state index >= 15 is 0 Å². The lowest BCUT2D eigenvalue weighted by molar-refractivity contribution is -0.131. The number of hydrogen-bond donors (Lipinski definition) is 1. The van der Waals surface area contributed by atoms with Gasteiger partial charge in [0.05, 0.1) is 5.03 Å². The van der Waals surface area contributed by atoms with Crippen molar-refractivity contribution in [2.45, 2.75) is 12.5 Å². The summed E-state index contributed by atoms with van der Waals surface area (Å²) < 4.78 is 0. The van der Waals surface area contributed by atoms with Gasteiger partial charge in [0.1, 0.15) is 0 Å². The summed E-state index contributed by atoms with van der Waals surface area (Å²) in [4.78, 5) is 11.6. The molecular formula is C11H9ClO2. The average molecular weight is 209 g/mol. The summed E-state index contributed by atoms with van der Waals surface area (Å²) in [5, 5.41) is 10.1. The normalized spacial score (nSPS) is 25.6. The van der Waals surface area contributed by atoms with Gasteiger partial charge in [0.2, 0.25) is 5.78 Å². The molecule has 0 amide bonds. The fourth-order valence-corrected chi connectivity index (χ4v) is 1.92. The maximum Gasteiger partial charge on any atom is 0.209 e. The Bertz CT molecular complexity index is 433. The molecule has 0 radical (unpaired) electrons. The Morgan fingerprint density at radius 1 is 1.36 bits per heavy atom. The van der Waals surface area contributed by atoms with E-state index in [9.17, 15) is 9.90 Å². The first kappa shape index (κ1) is 9.44. The SMILES string of the molecule is CC1(O)C(=O)C(Cl)=Cc2ccccc21. The molecule has 1 unspecified atom stereocenters. The number of rotatable bonds is 0. The molecule has 72 valence electrons. The van der Waals surface area contributed by atoms with E-state index in [1.165, 1.54) is 6.92 Å². The van der Waals surface area contributed by atoms with E-state index in [1.54, 1.807) is 18.2 Å². The maximum atomic E-state index is 11.6. The van der Waals surface area contributed by atoms with E-state index in [0.29, 0.717) is 5.56 Å². The number of ketones is 1. The molecule has 0 aliphatic heterocycles. The van der Waals surface area contributed by atoms with Crippen LogP contribution in [0.4, 0.5) is 0 Å². The quantitative estimate of drug-likeness (QED) is 0.709. The Morgan fingerprint density at radius 3 is 2.71 bits per heavy atom. The van der Waals surface area contributed by atoms with Crippen molar-refractivity contribution in [3.63, 3.8) is 0 Å². The molecular weight excluding hydrogens is 200 g/mol. The van der Waals surface area contributed by atoms with Crippen LogP contribution in [0.25, 0.3) is 6.08 Å². The monoisotopic (exact) mass is 208 g/mol. The Hall–Kier alpha value is -1.12. The highest BCUT2D eigenvalue weighted by Gasteiger charge is 2.38. The summed E-state index contributed by atoms with van der Waals surface area (Å²) in [6.45, 7) is 1.46. The number of fused-ring (bicyclic) bond motifs is 1. The maximum absolute atomic E-state index is 11.6. The third-order valence-electron chi connectivity index (χ3n) is 2.43. The van der Waals surface area contributed by atoms with Gasteiger partial charge >= 0.3 is 0 Å². The lowest BCUT2D eigenvalue weighted by atomic mass is 9.83. The van der Waals surface area contributed by atoms with Crippen molar-refractivity contribution in [2.24, 2.45) is 0 Å². The number of carbonyl (C=O) groups excluding carboxylic acids is 1. The van der Waals surface area contributed by atoms with Crippen molar-refractivity contribution in [2.75, 3.05) is 0 Å². The fraction of sp³-hybridized carbons (Fsp3) is 0.182. The van der Waals surface area contributed by atoms with Gasteiger partial charge in [-0.2, -0.15) is 0 Å². The van der Waals surface area contributed by atoms with Crippen LogP contribution in [0.15, 0.2) is 29.3 Å². The fourth-order valence-electron chi connectivity index (χ4n) is 1.62. The van der Waals surface area contributed by atoms with Gasteiger partial charge in [0, 0.05) is 0 Å². The van der Waals surface area contributed by atoms with Crippen LogP contribution in [-0.2, 0) is 10.4 Å². The average Bonchev–Trinajstić information content (AvgIpc) is 2.15. The summed E-state index contributed by atoms with van der Waals surface area (Å²) in [5.41, 5.74) is -0.0981. The highest BCUT2D eigenvalue weighted by molar-refractivity contribution is 6.46. The summed E-state index contributed by atoms with van der Waals surface area (Å²) >= 11 is 5.73. The van der Waals surface area contributed by atoms with Gasteiger partial charge in [-0.1, -0.05) is 35.9 Å². The number of Topliss-reactive ketones (excluding diaryl/α,β-unsaturated/α-hetero) is 1. The van der Waals surface area contributed by atoms with Crippen molar-refractivity contribution in [3.05, 3.63) is 40.4 Å². The molecule has 1 aromatic rings. The first-order valence-corrected chi connectivity index (χ1v) is 4.65. The van der Waals surface area contributed by atoms with E-state index in [-0.39, 0.29) is 5.03 Å². The second kappa shape index (κ2) is 2.94. The van der Waals surface area contributed by atoms with Crippen molar-refractivity contribution >= 4 is 23.5 Å². The van der Waals surface area contributed by atoms with Crippen LogP contribution in [0.2, 0.25) is 0 Å². The molecule has 1 aliphatic rings. The minimum Gasteiger partial charge on any atom is -0.377 e. The molecule has 0 saturated carbocycles. The molecule has 3 heteroatoms. The molecule has 0 fully saturated rings. The van der Waals surface area contributed by atoms with Gasteiger partial charge in [-0.25, -0.2) is 0 Å². The first-order chi connectivity index (χ1) is 6.53. The van der Waals surface area contributed by atoms with Gasteiger partial charge in [0.15, 0.2) is 5.60 Å². The zero-order valence-electron chi connectivity index (χ0n) is 7.62. The Balaban J connectivity index is 2.72. The van der Waals surface area contributed by atoms with Crippen LogP contribution in [0.3, 0.4) is 0 Å². The zero-order chi connectivity index (χ0) is 10.3. The molecule has 0 bridgehead atoms. The minimum absolute atomic E-state index is 0.0775. The predicted molar refractivity (Wildman–Crippen MR) is 54.8 cm³/mol. The third kappa shape index (κ3) is 1.19. The summed E-state index contributed by atoms with van der Waals surface area (Å²) in [6.07, 6.45) is 1.58. The van der Waals surface area contributed by atoms with Crippen LogP contribution in [0, 0.1) is 0 Å². The number of benzene rings is 1. The molecule has 2 rings (SSSR count). The number of aliphatic hydroxyl groups is 1. The molecule has 1 N–H and O–H groups in total. The second-order valence-corrected chi connectivity index (χ2v) is 3.89. The predicted octanol–water partition coefficient (Wildman–Crippen LogP) is 2.06. The van der Waals surface area contributed by atoms with Crippen LogP contribution in [0.1, 0.15) is 18.1 Å². The molecule has 2 nitrogen and oxygen atoms in total. The second-order valence-electron chi connectivity index (χ2n) is 3.48. The van der Waals surface area contributed by atoms with E-state index in [1.807, 2.05) is 12.1 Å². The third-order valence-corrected chi connectivity index (χ3v) is 2.71. The van der Waals surface area contributed by atoms with Crippen molar-refractivity contribution < 1.29 is 9.90 Å². The topological polar surface area (TPSA) is 37.3 Å². The number of halogens is 1. The zero-order valence-corrected chi connectivity index (χ0v) is 8.38. The van der Waals surface area contributed by atoms with Gasteiger partial charge in [-0.15, -0.1) is 0 Å².